The fraction of sp³-hybridized carbons (Fsp3) is 1.00. The molecule has 0 saturated heterocycles. The maximum absolute atomic E-state index is 12.5. The van der Waals surface area contributed by atoms with E-state index in [1.54, 1.807) is 6.92 Å². The largest absolute Gasteiger partial charge is 0.401 e. The van der Waals surface area contributed by atoms with Crippen molar-refractivity contribution in [1.82, 2.24) is 10.2 Å². The molecule has 2 nitrogen and oxygen atoms in total. The summed E-state index contributed by atoms with van der Waals surface area (Å²) in [6, 6.07) is -0.101. The van der Waals surface area contributed by atoms with E-state index in [0.717, 1.165) is 0 Å². The van der Waals surface area contributed by atoms with Crippen molar-refractivity contribution in [2.45, 2.75) is 59.3 Å². The van der Waals surface area contributed by atoms with Crippen LogP contribution in [0.5, 0.6) is 0 Å². The first-order valence-corrected chi connectivity index (χ1v) is 6.52. The van der Waals surface area contributed by atoms with Crippen LogP contribution in [0, 0.1) is 5.92 Å². The number of halogens is 3. The highest BCUT2D eigenvalue weighted by Crippen LogP contribution is 2.20. The monoisotopic (exact) mass is 268 g/mol. The molecular weight excluding hydrogens is 241 g/mol. The Morgan fingerprint density at radius 2 is 1.61 bits per heavy atom. The standard InChI is InChI=1S/C13H27F3N2/c1-7-18(9-13(14,15)16)11(10(2)3)8-17-12(4,5)6/h10-11,17H,7-9H2,1-6H3. The molecule has 1 atom stereocenters. The maximum Gasteiger partial charge on any atom is 0.401 e. The molecule has 0 aliphatic carbocycles. The summed E-state index contributed by atoms with van der Waals surface area (Å²) in [6.45, 7) is 11.9. The lowest BCUT2D eigenvalue weighted by molar-refractivity contribution is -0.152. The molecule has 5 heteroatoms. The Hall–Kier alpha value is -0.290. The number of alkyl halides is 3. The van der Waals surface area contributed by atoms with Gasteiger partial charge in [0.1, 0.15) is 0 Å². The second kappa shape index (κ2) is 6.75. The van der Waals surface area contributed by atoms with E-state index < -0.39 is 12.7 Å². The number of nitrogens with zero attached hydrogens (tertiary/aromatic N) is 1. The van der Waals surface area contributed by atoms with E-state index in [1.807, 2.05) is 34.6 Å². The molecule has 0 saturated carbocycles. The summed E-state index contributed by atoms with van der Waals surface area (Å²) >= 11 is 0. The van der Waals surface area contributed by atoms with Crippen LogP contribution in [0.15, 0.2) is 0 Å². The van der Waals surface area contributed by atoms with Gasteiger partial charge in [0.05, 0.1) is 6.54 Å². The molecule has 0 amide bonds. The summed E-state index contributed by atoms with van der Waals surface area (Å²) in [5, 5.41) is 3.29. The molecule has 0 aromatic carbocycles. The van der Waals surface area contributed by atoms with Gasteiger partial charge in [0.25, 0.3) is 0 Å². The average molecular weight is 268 g/mol. The predicted molar refractivity (Wildman–Crippen MR) is 69.7 cm³/mol. The third-order valence-electron chi connectivity index (χ3n) is 2.87. The van der Waals surface area contributed by atoms with Crippen LogP contribution < -0.4 is 5.32 Å². The lowest BCUT2D eigenvalue weighted by atomic mass is 10.0. The predicted octanol–water partition coefficient (Wildman–Crippen LogP) is 3.28. The zero-order valence-corrected chi connectivity index (χ0v) is 12.4. The lowest BCUT2D eigenvalue weighted by Gasteiger charge is -2.36. The van der Waals surface area contributed by atoms with E-state index in [2.05, 4.69) is 5.32 Å². The highest BCUT2D eigenvalue weighted by molar-refractivity contribution is 4.82. The van der Waals surface area contributed by atoms with Crippen molar-refractivity contribution in [3.63, 3.8) is 0 Å². The van der Waals surface area contributed by atoms with Crippen molar-refractivity contribution >= 4 is 0 Å². The van der Waals surface area contributed by atoms with Crippen molar-refractivity contribution < 1.29 is 13.2 Å². The number of hydrogen-bond donors (Lipinski definition) is 1. The quantitative estimate of drug-likeness (QED) is 0.795. The van der Waals surface area contributed by atoms with Gasteiger partial charge in [0.2, 0.25) is 0 Å². The fourth-order valence-electron chi connectivity index (χ4n) is 1.89. The topological polar surface area (TPSA) is 15.3 Å². The molecule has 0 spiro atoms. The zero-order valence-electron chi connectivity index (χ0n) is 12.4. The molecule has 0 aliphatic rings. The Bertz CT molecular complexity index is 231. The van der Waals surface area contributed by atoms with Crippen LogP contribution in [-0.4, -0.2) is 42.3 Å². The van der Waals surface area contributed by atoms with Gasteiger partial charge in [0.15, 0.2) is 0 Å². The van der Waals surface area contributed by atoms with Crippen LogP contribution in [0.2, 0.25) is 0 Å². The van der Waals surface area contributed by atoms with Gasteiger partial charge in [-0.15, -0.1) is 0 Å². The van der Waals surface area contributed by atoms with E-state index in [1.165, 1.54) is 4.90 Å². The molecule has 110 valence electrons. The Morgan fingerprint density at radius 1 is 1.11 bits per heavy atom. The summed E-state index contributed by atoms with van der Waals surface area (Å²) < 4.78 is 37.6. The molecule has 0 rings (SSSR count). The van der Waals surface area contributed by atoms with E-state index in [-0.39, 0.29) is 17.5 Å². The van der Waals surface area contributed by atoms with Gasteiger partial charge in [0, 0.05) is 18.1 Å². The van der Waals surface area contributed by atoms with E-state index in [4.69, 9.17) is 0 Å². The van der Waals surface area contributed by atoms with Crippen molar-refractivity contribution in [1.29, 1.82) is 0 Å². The van der Waals surface area contributed by atoms with Crippen LogP contribution in [0.1, 0.15) is 41.5 Å². The zero-order chi connectivity index (χ0) is 14.6. The summed E-state index contributed by atoms with van der Waals surface area (Å²) in [4.78, 5) is 1.50. The molecule has 18 heavy (non-hydrogen) atoms. The summed E-state index contributed by atoms with van der Waals surface area (Å²) in [5.74, 6) is 0.183. The summed E-state index contributed by atoms with van der Waals surface area (Å²) in [7, 11) is 0. The number of likely N-dealkylation sites (N-methyl/N-ethyl adjacent to an activating group) is 1. The van der Waals surface area contributed by atoms with Crippen LogP contribution in [-0.2, 0) is 0 Å². The molecular formula is C13H27F3N2. The van der Waals surface area contributed by atoms with Gasteiger partial charge in [-0.2, -0.15) is 13.2 Å². The second-order valence-electron chi connectivity index (χ2n) is 6.12. The third kappa shape index (κ3) is 7.93. The van der Waals surface area contributed by atoms with Gasteiger partial charge in [-0.3, -0.25) is 4.90 Å². The first-order valence-electron chi connectivity index (χ1n) is 6.52. The molecule has 0 aromatic rings. The third-order valence-corrected chi connectivity index (χ3v) is 2.87. The highest BCUT2D eigenvalue weighted by atomic mass is 19.4. The van der Waals surface area contributed by atoms with Crippen molar-refractivity contribution in [3.05, 3.63) is 0 Å². The van der Waals surface area contributed by atoms with Crippen molar-refractivity contribution in [2.24, 2.45) is 5.92 Å². The van der Waals surface area contributed by atoms with E-state index in [9.17, 15) is 13.2 Å². The second-order valence-corrected chi connectivity index (χ2v) is 6.12. The van der Waals surface area contributed by atoms with Crippen LogP contribution in [0.4, 0.5) is 13.2 Å². The van der Waals surface area contributed by atoms with Crippen LogP contribution in [0.3, 0.4) is 0 Å². The van der Waals surface area contributed by atoms with Gasteiger partial charge in [-0.05, 0) is 33.2 Å². The van der Waals surface area contributed by atoms with E-state index in [0.29, 0.717) is 13.1 Å². The molecule has 0 radical (unpaired) electrons. The fourth-order valence-corrected chi connectivity index (χ4v) is 1.89. The van der Waals surface area contributed by atoms with Crippen molar-refractivity contribution in [2.75, 3.05) is 19.6 Å². The first kappa shape index (κ1) is 17.7. The molecule has 0 aliphatic heterocycles. The summed E-state index contributed by atoms with van der Waals surface area (Å²) in [5.41, 5.74) is -0.0786. The van der Waals surface area contributed by atoms with Gasteiger partial charge >= 0.3 is 6.18 Å². The SMILES string of the molecule is CCN(CC(F)(F)F)C(CNC(C)(C)C)C(C)C. The Kier molecular flexibility index (Phi) is 6.65. The molecule has 1 unspecified atom stereocenters. The van der Waals surface area contributed by atoms with Crippen LogP contribution >= 0.6 is 0 Å². The molecule has 0 bridgehead atoms. The van der Waals surface area contributed by atoms with Gasteiger partial charge in [-0.25, -0.2) is 0 Å². The molecule has 0 aromatic heterocycles. The maximum atomic E-state index is 12.5. The molecule has 0 heterocycles. The normalized spacial score (nSPS) is 15.5. The summed E-state index contributed by atoms with van der Waals surface area (Å²) in [6.07, 6.45) is -4.13. The average Bonchev–Trinajstić information content (AvgIpc) is 2.11. The minimum Gasteiger partial charge on any atom is -0.311 e. The molecule has 1 N–H and O–H groups in total. The van der Waals surface area contributed by atoms with Crippen LogP contribution in [0.25, 0.3) is 0 Å². The minimum absolute atomic E-state index is 0.0786. The van der Waals surface area contributed by atoms with Crippen molar-refractivity contribution in [3.8, 4) is 0 Å². The number of nitrogens with one attached hydrogen (secondary N) is 1. The number of hydrogen-bond acceptors (Lipinski definition) is 2. The molecule has 0 fully saturated rings. The van der Waals surface area contributed by atoms with Gasteiger partial charge in [-0.1, -0.05) is 20.8 Å². The smallest absolute Gasteiger partial charge is 0.311 e. The highest BCUT2D eigenvalue weighted by Gasteiger charge is 2.34. The lowest BCUT2D eigenvalue weighted by Crippen LogP contribution is -2.52. The van der Waals surface area contributed by atoms with E-state index >= 15 is 0 Å². The Balaban J connectivity index is 4.64. The Labute approximate surface area is 109 Å². The minimum atomic E-state index is -4.13. The first-order chi connectivity index (χ1) is 7.96. The number of rotatable bonds is 6. The van der Waals surface area contributed by atoms with Gasteiger partial charge < -0.3 is 5.32 Å². The Morgan fingerprint density at radius 3 is 1.89 bits per heavy atom.